The van der Waals surface area contributed by atoms with E-state index in [0.717, 1.165) is 16.3 Å². The molecule has 1 fully saturated rings. The molecular formula is C20H25BO4. The molecule has 1 unspecified atom stereocenters. The molecule has 5 heteroatoms. The van der Waals surface area contributed by atoms with Crippen molar-refractivity contribution in [3.8, 4) is 0 Å². The van der Waals surface area contributed by atoms with Crippen LogP contribution in [0.1, 0.15) is 45.5 Å². The van der Waals surface area contributed by atoms with Crippen LogP contribution in [0.15, 0.2) is 42.5 Å². The average molecular weight is 340 g/mol. The topological polar surface area (TPSA) is 44.8 Å². The van der Waals surface area contributed by atoms with Gasteiger partial charge >= 0.3 is 13.1 Å². The first-order chi connectivity index (χ1) is 11.7. The van der Waals surface area contributed by atoms with Gasteiger partial charge in [-0.05, 0) is 44.0 Å². The third-order valence-corrected chi connectivity index (χ3v) is 5.42. The molecule has 1 aliphatic rings. The number of rotatable bonds is 4. The van der Waals surface area contributed by atoms with Gasteiger partial charge in [0, 0.05) is 5.82 Å². The number of carbonyl (C=O) groups is 1. The normalized spacial score (nSPS) is 19.8. The van der Waals surface area contributed by atoms with Crippen molar-refractivity contribution in [2.24, 2.45) is 0 Å². The lowest BCUT2D eigenvalue weighted by Crippen LogP contribution is -2.41. The Hall–Kier alpha value is -1.85. The molecule has 0 N–H and O–H groups in total. The highest BCUT2D eigenvalue weighted by Gasteiger charge is 2.54. The van der Waals surface area contributed by atoms with Crippen molar-refractivity contribution in [1.29, 1.82) is 0 Å². The Labute approximate surface area is 149 Å². The van der Waals surface area contributed by atoms with E-state index in [-0.39, 0.29) is 18.2 Å². The Bertz CT molecular complexity index is 768. The van der Waals surface area contributed by atoms with Crippen LogP contribution in [0.5, 0.6) is 0 Å². The highest BCUT2D eigenvalue weighted by atomic mass is 16.7. The summed E-state index contributed by atoms with van der Waals surface area (Å²) in [4.78, 5) is 12.0. The van der Waals surface area contributed by atoms with E-state index in [1.807, 2.05) is 45.9 Å². The Kier molecular flexibility index (Phi) is 4.65. The Balaban J connectivity index is 1.98. The molecule has 132 valence electrons. The molecular weight excluding hydrogens is 315 g/mol. The predicted octanol–water partition coefficient (Wildman–Crippen LogP) is 4.12. The monoisotopic (exact) mass is 340 g/mol. The number of ether oxygens (including phenoxy) is 1. The maximum absolute atomic E-state index is 12.0. The summed E-state index contributed by atoms with van der Waals surface area (Å²) >= 11 is 0. The molecule has 1 aliphatic heterocycles. The van der Waals surface area contributed by atoms with Gasteiger partial charge in [-0.25, -0.2) is 0 Å². The molecule has 4 nitrogen and oxygen atoms in total. The molecule has 0 radical (unpaired) electrons. The van der Waals surface area contributed by atoms with Gasteiger partial charge in [-0.1, -0.05) is 42.5 Å². The highest BCUT2D eigenvalue weighted by molar-refractivity contribution is 6.48. The van der Waals surface area contributed by atoms with Crippen LogP contribution in [0.3, 0.4) is 0 Å². The molecule has 0 aliphatic carbocycles. The zero-order valence-corrected chi connectivity index (χ0v) is 15.5. The van der Waals surface area contributed by atoms with Gasteiger partial charge in [-0.2, -0.15) is 0 Å². The molecule has 2 aromatic rings. The second kappa shape index (κ2) is 6.47. The number of hydrogen-bond donors (Lipinski definition) is 0. The van der Waals surface area contributed by atoms with Crippen LogP contribution in [0.25, 0.3) is 10.8 Å². The fourth-order valence-electron chi connectivity index (χ4n) is 3.13. The van der Waals surface area contributed by atoms with Gasteiger partial charge in [0.05, 0.1) is 24.7 Å². The summed E-state index contributed by atoms with van der Waals surface area (Å²) in [7, 11) is 0.912. The van der Waals surface area contributed by atoms with Crippen LogP contribution in [-0.2, 0) is 18.8 Å². The first-order valence-corrected chi connectivity index (χ1v) is 8.65. The SMILES string of the molecule is COC(=O)CC(B1OC(C)(C)C(C)(C)O1)c1ccc2ccccc2c1. The Morgan fingerprint density at radius 2 is 1.64 bits per heavy atom. The lowest BCUT2D eigenvalue weighted by atomic mass is 9.66. The van der Waals surface area contributed by atoms with Crippen molar-refractivity contribution < 1.29 is 18.8 Å². The van der Waals surface area contributed by atoms with Crippen molar-refractivity contribution in [3.63, 3.8) is 0 Å². The maximum atomic E-state index is 12.0. The lowest BCUT2D eigenvalue weighted by molar-refractivity contribution is -0.140. The van der Waals surface area contributed by atoms with Gasteiger partial charge < -0.3 is 14.0 Å². The summed E-state index contributed by atoms with van der Waals surface area (Å²) < 4.78 is 17.3. The van der Waals surface area contributed by atoms with Gasteiger partial charge in [-0.15, -0.1) is 0 Å². The average Bonchev–Trinajstić information content (AvgIpc) is 2.79. The summed E-state index contributed by atoms with van der Waals surface area (Å²) in [5, 5.41) is 2.29. The molecule has 0 bridgehead atoms. The summed E-state index contributed by atoms with van der Waals surface area (Å²) in [6.45, 7) is 8.07. The minimum Gasteiger partial charge on any atom is -0.469 e. The van der Waals surface area contributed by atoms with Crippen LogP contribution in [-0.4, -0.2) is 31.4 Å². The van der Waals surface area contributed by atoms with Crippen molar-refractivity contribution in [2.75, 3.05) is 7.11 Å². The molecule has 0 aromatic heterocycles. The lowest BCUT2D eigenvalue weighted by Gasteiger charge is -2.32. The van der Waals surface area contributed by atoms with E-state index in [2.05, 4.69) is 24.3 Å². The molecule has 0 amide bonds. The third-order valence-electron chi connectivity index (χ3n) is 5.42. The molecule has 1 atom stereocenters. The van der Waals surface area contributed by atoms with Crippen molar-refractivity contribution in [1.82, 2.24) is 0 Å². The van der Waals surface area contributed by atoms with Gasteiger partial charge in [0.15, 0.2) is 0 Å². The Morgan fingerprint density at radius 3 is 2.24 bits per heavy atom. The van der Waals surface area contributed by atoms with E-state index >= 15 is 0 Å². The van der Waals surface area contributed by atoms with E-state index < -0.39 is 18.3 Å². The van der Waals surface area contributed by atoms with Crippen molar-refractivity contribution in [2.45, 2.75) is 51.1 Å². The Morgan fingerprint density at radius 1 is 1.04 bits per heavy atom. The molecule has 1 heterocycles. The number of esters is 1. The van der Waals surface area contributed by atoms with E-state index in [0.29, 0.717) is 0 Å². The molecule has 0 saturated carbocycles. The van der Waals surface area contributed by atoms with E-state index in [4.69, 9.17) is 14.0 Å². The molecule has 1 saturated heterocycles. The highest BCUT2D eigenvalue weighted by Crippen LogP contribution is 2.42. The number of fused-ring (bicyclic) bond motifs is 1. The first-order valence-electron chi connectivity index (χ1n) is 8.65. The first kappa shape index (κ1) is 18.0. The zero-order chi connectivity index (χ0) is 18.2. The predicted molar refractivity (Wildman–Crippen MR) is 99.4 cm³/mol. The van der Waals surface area contributed by atoms with Gasteiger partial charge in [0.1, 0.15) is 0 Å². The van der Waals surface area contributed by atoms with Crippen molar-refractivity contribution in [3.05, 3.63) is 48.0 Å². The van der Waals surface area contributed by atoms with Gasteiger partial charge in [0.2, 0.25) is 0 Å². The number of hydrogen-bond acceptors (Lipinski definition) is 4. The third kappa shape index (κ3) is 3.44. The van der Waals surface area contributed by atoms with Gasteiger partial charge in [-0.3, -0.25) is 4.79 Å². The minimum atomic E-state index is -0.495. The standard InChI is InChI=1S/C20H25BO4/c1-19(2)20(3,4)25-21(24-19)17(13-18(22)23-5)16-11-10-14-8-6-7-9-15(14)12-16/h6-12,17H,13H2,1-5H3. The smallest absolute Gasteiger partial charge is 0.466 e. The van der Waals surface area contributed by atoms with Crippen LogP contribution in [0, 0.1) is 0 Å². The van der Waals surface area contributed by atoms with E-state index in [1.54, 1.807) is 0 Å². The fraction of sp³-hybridized carbons (Fsp3) is 0.450. The summed E-state index contributed by atoms with van der Waals surface area (Å²) in [5.74, 6) is -0.494. The summed E-state index contributed by atoms with van der Waals surface area (Å²) in [5.41, 5.74) is 0.133. The van der Waals surface area contributed by atoms with Crippen molar-refractivity contribution >= 4 is 23.9 Å². The van der Waals surface area contributed by atoms with Crippen LogP contribution < -0.4 is 0 Å². The molecule has 0 spiro atoms. The quantitative estimate of drug-likeness (QED) is 0.620. The zero-order valence-electron chi connectivity index (χ0n) is 15.5. The largest absolute Gasteiger partial charge is 0.469 e. The van der Waals surface area contributed by atoms with Crippen LogP contribution in [0.4, 0.5) is 0 Å². The summed E-state index contributed by atoms with van der Waals surface area (Å²) in [6, 6.07) is 14.4. The van der Waals surface area contributed by atoms with Gasteiger partial charge in [0.25, 0.3) is 0 Å². The van der Waals surface area contributed by atoms with Crippen LogP contribution in [0.2, 0.25) is 0 Å². The second-order valence-corrected chi connectivity index (χ2v) is 7.62. The minimum absolute atomic E-state index is 0.214. The number of carbonyl (C=O) groups excluding carboxylic acids is 1. The molecule has 25 heavy (non-hydrogen) atoms. The maximum Gasteiger partial charge on any atom is 0.466 e. The molecule has 3 rings (SSSR count). The van der Waals surface area contributed by atoms with E-state index in [9.17, 15) is 4.79 Å². The second-order valence-electron chi connectivity index (χ2n) is 7.62. The fourth-order valence-corrected chi connectivity index (χ4v) is 3.13. The van der Waals surface area contributed by atoms with Crippen LogP contribution >= 0.6 is 0 Å². The number of benzene rings is 2. The molecule has 2 aromatic carbocycles. The number of methoxy groups -OCH3 is 1. The summed E-state index contributed by atoms with van der Waals surface area (Å²) in [6.07, 6.45) is 0.214. The van der Waals surface area contributed by atoms with E-state index in [1.165, 1.54) is 7.11 Å².